The van der Waals surface area contributed by atoms with Crippen LogP contribution < -0.4 is 9.47 Å². The Kier molecular flexibility index (Phi) is 5.20. The Balaban J connectivity index is 1.76. The number of methoxy groups -OCH3 is 1. The fraction of sp³-hybridized carbons (Fsp3) is 0.333. The molecule has 0 spiro atoms. The summed E-state index contributed by atoms with van der Waals surface area (Å²) in [7, 11) is 5.25. The third-order valence-electron chi connectivity index (χ3n) is 6.13. The number of fused-ring (bicyclic) bond motifs is 3. The molecule has 0 bridgehead atoms. The summed E-state index contributed by atoms with van der Waals surface area (Å²) >= 11 is 1.57. The third kappa shape index (κ3) is 3.45. The van der Waals surface area contributed by atoms with Gasteiger partial charge in [0.1, 0.15) is 24.4 Å². The number of hydrogen-bond donors (Lipinski definition) is 0. The van der Waals surface area contributed by atoms with Crippen LogP contribution in [0, 0.1) is 0 Å². The molecule has 0 saturated heterocycles. The minimum absolute atomic E-state index is 0.146. The zero-order valence-electron chi connectivity index (χ0n) is 20.0. The van der Waals surface area contributed by atoms with E-state index in [-0.39, 0.29) is 18.1 Å². The number of aromatic nitrogens is 5. The lowest BCUT2D eigenvalue weighted by molar-refractivity contribution is 0.0646. The SMILES string of the molecule is COc1cc2c(cc1-c1ncnn1C)-c1c(c(C(=O)N(C)C(C)(C)C)nn1-c1ccsc1)CO2. The summed E-state index contributed by atoms with van der Waals surface area (Å²) in [6.45, 7) is 6.23. The van der Waals surface area contributed by atoms with Gasteiger partial charge in [0, 0.05) is 42.2 Å². The van der Waals surface area contributed by atoms with Gasteiger partial charge in [-0.2, -0.15) is 21.5 Å². The van der Waals surface area contributed by atoms with Crippen LogP contribution in [0.1, 0.15) is 36.8 Å². The summed E-state index contributed by atoms with van der Waals surface area (Å²) in [5.74, 6) is 1.81. The summed E-state index contributed by atoms with van der Waals surface area (Å²) in [5, 5.41) is 13.0. The first-order chi connectivity index (χ1) is 16.2. The highest BCUT2D eigenvalue weighted by Crippen LogP contribution is 2.45. The van der Waals surface area contributed by atoms with Gasteiger partial charge in [0.05, 0.1) is 24.1 Å². The van der Waals surface area contributed by atoms with Gasteiger partial charge < -0.3 is 14.4 Å². The standard InChI is InChI=1S/C24H26N6O3S/c1-24(2,3)28(4)23(31)20-17-11-33-19-10-18(32-6)16(22-25-13-26-29(22)5)9-15(19)21(17)30(27-20)14-7-8-34-12-14/h7-10,12-13H,11H2,1-6H3. The average molecular weight is 479 g/mol. The maximum Gasteiger partial charge on any atom is 0.274 e. The number of rotatable bonds is 4. The van der Waals surface area contributed by atoms with Crippen LogP contribution in [-0.2, 0) is 13.7 Å². The van der Waals surface area contributed by atoms with Crippen LogP contribution in [0.4, 0.5) is 0 Å². The maximum atomic E-state index is 13.5. The van der Waals surface area contributed by atoms with Crippen LogP contribution >= 0.6 is 11.3 Å². The van der Waals surface area contributed by atoms with E-state index >= 15 is 0 Å². The molecule has 1 amide bonds. The molecule has 0 aliphatic carbocycles. The number of thiophene rings is 1. The molecule has 176 valence electrons. The van der Waals surface area contributed by atoms with Crippen molar-refractivity contribution in [2.75, 3.05) is 14.2 Å². The number of nitrogens with zero attached hydrogens (tertiary/aromatic N) is 6. The first-order valence-electron chi connectivity index (χ1n) is 10.8. The number of ether oxygens (including phenoxy) is 2. The molecule has 0 saturated carbocycles. The Labute approximate surface area is 201 Å². The van der Waals surface area contributed by atoms with Crippen molar-refractivity contribution in [3.8, 4) is 39.8 Å². The molecule has 4 aromatic rings. The molecule has 5 rings (SSSR count). The lowest BCUT2D eigenvalue weighted by Gasteiger charge is -2.31. The van der Waals surface area contributed by atoms with Crippen molar-refractivity contribution in [2.45, 2.75) is 32.9 Å². The topological polar surface area (TPSA) is 87.3 Å². The van der Waals surface area contributed by atoms with Gasteiger partial charge in [0.2, 0.25) is 0 Å². The minimum Gasteiger partial charge on any atom is -0.496 e. The van der Waals surface area contributed by atoms with Crippen molar-refractivity contribution in [3.63, 3.8) is 0 Å². The minimum atomic E-state index is -0.352. The molecule has 9 nitrogen and oxygen atoms in total. The lowest BCUT2D eigenvalue weighted by Crippen LogP contribution is -2.43. The van der Waals surface area contributed by atoms with Crippen LogP contribution in [0.25, 0.3) is 28.3 Å². The zero-order valence-corrected chi connectivity index (χ0v) is 20.8. The number of carbonyl (C=O) groups excluding carboxylic acids is 1. The van der Waals surface area contributed by atoms with Crippen LogP contribution in [-0.4, -0.2) is 55.0 Å². The summed E-state index contributed by atoms with van der Waals surface area (Å²) in [6, 6.07) is 5.82. The maximum absolute atomic E-state index is 13.5. The second kappa shape index (κ2) is 7.98. The second-order valence-corrected chi connectivity index (χ2v) is 9.93. The molecule has 3 aromatic heterocycles. The summed E-state index contributed by atoms with van der Waals surface area (Å²) in [6.07, 6.45) is 1.50. The lowest BCUT2D eigenvalue weighted by atomic mass is 9.98. The first-order valence-corrected chi connectivity index (χ1v) is 11.8. The van der Waals surface area contributed by atoms with Crippen molar-refractivity contribution < 1.29 is 14.3 Å². The molecule has 1 aromatic carbocycles. The quantitative estimate of drug-likeness (QED) is 0.438. The highest BCUT2D eigenvalue weighted by atomic mass is 32.1. The van der Waals surface area contributed by atoms with E-state index in [0.717, 1.165) is 28.1 Å². The number of benzene rings is 1. The van der Waals surface area contributed by atoms with E-state index in [2.05, 4.69) is 10.1 Å². The second-order valence-electron chi connectivity index (χ2n) is 9.15. The molecule has 4 heterocycles. The Morgan fingerprint density at radius 2 is 2.06 bits per heavy atom. The summed E-state index contributed by atoms with van der Waals surface area (Å²) in [4.78, 5) is 19.6. The van der Waals surface area contributed by atoms with Crippen LogP contribution in [0.2, 0.25) is 0 Å². The molecule has 0 radical (unpaired) electrons. The van der Waals surface area contributed by atoms with E-state index < -0.39 is 0 Å². The largest absolute Gasteiger partial charge is 0.496 e. The molecule has 0 fully saturated rings. The zero-order chi connectivity index (χ0) is 24.2. The first kappa shape index (κ1) is 22.1. The van der Waals surface area contributed by atoms with Crippen LogP contribution in [0.5, 0.6) is 11.5 Å². The Bertz CT molecular complexity index is 1380. The van der Waals surface area contributed by atoms with E-state index in [0.29, 0.717) is 23.0 Å². The van der Waals surface area contributed by atoms with E-state index in [1.807, 2.05) is 61.5 Å². The summed E-state index contributed by atoms with van der Waals surface area (Å²) in [5.41, 5.74) is 4.11. The van der Waals surface area contributed by atoms with E-state index in [1.165, 1.54) is 6.33 Å². The Morgan fingerprint density at radius 1 is 1.26 bits per heavy atom. The predicted molar refractivity (Wildman–Crippen MR) is 130 cm³/mol. The van der Waals surface area contributed by atoms with Gasteiger partial charge in [-0.3, -0.25) is 4.79 Å². The van der Waals surface area contributed by atoms with E-state index in [9.17, 15) is 4.79 Å². The smallest absolute Gasteiger partial charge is 0.274 e. The van der Waals surface area contributed by atoms with Crippen LogP contribution in [0.15, 0.2) is 35.3 Å². The number of carbonyl (C=O) groups is 1. The number of aryl methyl sites for hydroxylation is 1. The molecule has 0 atom stereocenters. The van der Waals surface area contributed by atoms with Crippen LogP contribution in [0.3, 0.4) is 0 Å². The van der Waals surface area contributed by atoms with E-state index in [4.69, 9.17) is 14.6 Å². The van der Waals surface area contributed by atoms with Crippen molar-refractivity contribution in [3.05, 3.63) is 46.5 Å². The van der Waals surface area contributed by atoms with Gasteiger partial charge in [-0.15, -0.1) is 0 Å². The molecule has 34 heavy (non-hydrogen) atoms. The fourth-order valence-electron chi connectivity index (χ4n) is 3.96. The van der Waals surface area contributed by atoms with Crippen molar-refractivity contribution in [2.24, 2.45) is 7.05 Å². The van der Waals surface area contributed by atoms with Gasteiger partial charge in [-0.05, 0) is 38.3 Å². The van der Waals surface area contributed by atoms with Crippen molar-refractivity contribution in [1.82, 2.24) is 29.4 Å². The average Bonchev–Trinajstić information content (AvgIpc) is 3.55. The Morgan fingerprint density at radius 3 is 2.68 bits per heavy atom. The third-order valence-corrected chi connectivity index (χ3v) is 6.80. The normalized spacial score (nSPS) is 12.6. The monoisotopic (exact) mass is 478 g/mol. The Hall–Kier alpha value is -3.66. The molecular weight excluding hydrogens is 452 g/mol. The van der Waals surface area contributed by atoms with Crippen molar-refractivity contribution >= 4 is 17.2 Å². The molecule has 0 N–H and O–H groups in total. The molecular formula is C24H26N6O3S. The van der Waals surface area contributed by atoms with Gasteiger partial charge in [0.25, 0.3) is 5.91 Å². The molecule has 10 heteroatoms. The van der Waals surface area contributed by atoms with Crippen molar-refractivity contribution in [1.29, 1.82) is 0 Å². The number of hydrogen-bond acceptors (Lipinski definition) is 7. The van der Waals surface area contributed by atoms with Gasteiger partial charge >= 0.3 is 0 Å². The van der Waals surface area contributed by atoms with Gasteiger partial charge in [0.15, 0.2) is 11.5 Å². The highest BCUT2D eigenvalue weighted by Gasteiger charge is 2.34. The molecule has 0 unspecified atom stereocenters. The summed E-state index contributed by atoms with van der Waals surface area (Å²) < 4.78 is 15.3. The predicted octanol–water partition coefficient (Wildman–Crippen LogP) is 4.17. The fourth-order valence-corrected chi connectivity index (χ4v) is 4.58. The van der Waals surface area contributed by atoms with Gasteiger partial charge in [-0.25, -0.2) is 14.3 Å². The number of amides is 1. The molecule has 1 aliphatic rings. The van der Waals surface area contributed by atoms with E-state index in [1.54, 1.807) is 35.1 Å². The molecule has 1 aliphatic heterocycles. The van der Waals surface area contributed by atoms with Gasteiger partial charge in [-0.1, -0.05) is 0 Å². The highest BCUT2D eigenvalue weighted by molar-refractivity contribution is 7.08.